The molecule has 0 radical (unpaired) electrons. The maximum absolute atomic E-state index is 6.86. The lowest BCUT2D eigenvalue weighted by atomic mass is 9.83. The molecule has 2 aliphatic heterocycles. The topological polar surface area (TPSA) is 15.7 Å². The number of ether oxygens (including phenoxy) is 1. The Morgan fingerprint density at radius 3 is 2.06 bits per heavy atom. The van der Waals surface area contributed by atoms with Crippen LogP contribution in [0.2, 0.25) is 0 Å². The van der Waals surface area contributed by atoms with Gasteiger partial charge in [0.1, 0.15) is 5.75 Å². The molecular weight excluding hydrogens is 404 g/mol. The summed E-state index contributed by atoms with van der Waals surface area (Å²) in [5, 5.41) is 2.49. The number of likely N-dealkylation sites (N-methyl/N-ethyl adjacent to an activating group) is 1. The second kappa shape index (κ2) is 8.09. The van der Waals surface area contributed by atoms with Crippen molar-refractivity contribution in [1.82, 2.24) is 4.90 Å². The summed E-state index contributed by atoms with van der Waals surface area (Å²) in [4.78, 5) is 4.88. The van der Waals surface area contributed by atoms with Crippen molar-refractivity contribution in [3.05, 3.63) is 114 Å². The number of hydrogen-bond acceptors (Lipinski definition) is 3. The quantitative estimate of drug-likeness (QED) is 0.398. The Labute approximate surface area is 195 Å². The molecule has 0 unspecified atom stereocenters. The minimum absolute atomic E-state index is 0.636. The van der Waals surface area contributed by atoms with Gasteiger partial charge >= 0.3 is 0 Å². The van der Waals surface area contributed by atoms with E-state index in [0.717, 1.165) is 48.6 Å². The van der Waals surface area contributed by atoms with Crippen molar-refractivity contribution in [2.75, 3.05) is 38.1 Å². The van der Waals surface area contributed by atoms with Crippen molar-refractivity contribution in [2.45, 2.75) is 5.60 Å². The Kier molecular flexibility index (Phi) is 4.92. The van der Waals surface area contributed by atoms with Crippen LogP contribution in [0.1, 0.15) is 16.7 Å². The fourth-order valence-electron chi connectivity index (χ4n) is 5.10. The standard InChI is InChI=1S/C30H28N2O/c1-31-18-20-32(21-19-31)26-13-14-27-23(22-26)12-15-29-28(27)16-17-30(33-29,24-8-4-2-5-9-24)25-10-6-3-7-11-25/h2-17,22H,18-21H2,1H3. The number of hydrogen-bond donors (Lipinski definition) is 0. The van der Waals surface area contributed by atoms with Gasteiger partial charge in [0.25, 0.3) is 0 Å². The molecule has 3 nitrogen and oxygen atoms in total. The maximum atomic E-state index is 6.86. The molecule has 2 heterocycles. The molecule has 1 saturated heterocycles. The second-order valence-electron chi connectivity index (χ2n) is 9.08. The van der Waals surface area contributed by atoms with E-state index in [-0.39, 0.29) is 0 Å². The van der Waals surface area contributed by atoms with Crippen LogP contribution in [0.5, 0.6) is 5.75 Å². The SMILES string of the molecule is CN1CCN(c2ccc3c4c(ccc3c2)OC(c2ccccc2)(c2ccccc2)C=C4)CC1. The van der Waals surface area contributed by atoms with Crippen LogP contribution in [0.15, 0.2) is 97.1 Å². The molecule has 2 aliphatic rings. The molecule has 0 spiro atoms. The van der Waals surface area contributed by atoms with Crippen molar-refractivity contribution in [2.24, 2.45) is 0 Å². The van der Waals surface area contributed by atoms with E-state index in [4.69, 9.17) is 4.74 Å². The van der Waals surface area contributed by atoms with Gasteiger partial charge in [-0.2, -0.15) is 0 Å². The van der Waals surface area contributed by atoms with E-state index in [1.807, 2.05) is 12.1 Å². The van der Waals surface area contributed by atoms with Gasteiger partial charge in [-0.3, -0.25) is 0 Å². The number of nitrogens with zero attached hydrogens (tertiary/aromatic N) is 2. The Morgan fingerprint density at radius 1 is 0.727 bits per heavy atom. The molecular formula is C30H28N2O. The summed E-state index contributed by atoms with van der Waals surface area (Å²) in [6, 6.07) is 32.2. The summed E-state index contributed by atoms with van der Waals surface area (Å²) < 4.78 is 6.86. The predicted octanol–water partition coefficient (Wildman–Crippen LogP) is 5.94. The monoisotopic (exact) mass is 432 g/mol. The Hall–Kier alpha value is -3.56. The van der Waals surface area contributed by atoms with Crippen LogP contribution in [-0.2, 0) is 5.60 Å². The van der Waals surface area contributed by atoms with Gasteiger partial charge in [-0.25, -0.2) is 0 Å². The van der Waals surface area contributed by atoms with Crippen LogP contribution >= 0.6 is 0 Å². The van der Waals surface area contributed by atoms with Gasteiger partial charge in [0.2, 0.25) is 0 Å². The van der Waals surface area contributed by atoms with E-state index in [1.165, 1.54) is 16.5 Å². The number of piperazine rings is 1. The van der Waals surface area contributed by atoms with Crippen molar-refractivity contribution in [3.8, 4) is 5.75 Å². The summed E-state index contributed by atoms with van der Waals surface area (Å²) in [5.41, 5.74) is 4.08. The molecule has 33 heavy (non-hydrogen) atoms. The second-order valence-corrected chi connectivity index (χ2v) is 9.08. The molecule has 0 bridgehead atoms. The van der Waals surface area contributed by atoms with Crippen LogP contribution in [0.3, 0.4) is 0 Å². The number of fused-ring (bicyclic) bond motifs is 3. The molecule has 0 amide bonds. The molecule has 4 aromatic carbocycles. The normalized spacial score (nSPS) is 17.5. The van der Waals surface area contributed by atoms with Gasteiger partial charge in [0.05, 0.1) is 0 Å². The molecule has 6 rings (SSSR count). The number of anilines is 1. The van der Waals surface area contributed by atoms with Crippen LogP contribution in [0.4, 0.5) is 5.69 Å². The third-order valence-electron chi connectivity index (χ3n) is 7.03. The molecule has 4 aromatic rings. The van der Waals surface area contributed by atoms with Crippen molar-refractivity contribution in [1.29, 1.82) is 0 Å². The summed E-state index contributed by atoms with van der Waals surface area (Å²) in [6.07, 6.45) is 4.46. The zero-order valence-electron chi connectivity index (χ0n) is 18.9. The van der Waals surface area contributed by atoms with Crippen molar-refractivity contribution in [3.63, 3.8) is 0 Å². The largest absolute Gasteiger partial charge is 0.473 e. The maximum Gasteiger partial charge on any atom is 0.178 e. The highest BCUT2D eigenvalue weighted by Gasteiger charge is 2.37. The average molecular weight is 433 g/mol. The van der Waals surface area contributed by atoms with E-state index in [1.54, 1.807) is 0 Å². The minimum atomic E-state index is -0.636. The van der Waals surface area contributed by atoms with Gasteiger partial charge in [0.15, 0.2) is 5.60 Å². The molecule has 0 aromatic heterocycles. The van der Waals surface area contributed by atoms with E-state index >= 15 is 0 Å². The average Bonchev–Trinajstić information content (AvgIpc) is 2.89. The lowest BCUT2D eigenvalue weighted by Gasteiger charge is -2.36. The highest BCUT2D eigenvalue weighted by Crippen LogP contribution is 2.44. The van der Waals surface area contributed by atoms with Crippen LogP contribution in [-0.4, -0.2) is 38.1 Å². The Balaban J connectivity index is 1.42. The van der Waals surface area contributed by atoms with Gasteiger partial charge in [-0.15, -0.1) is 0 Å². The van der Waals surface area contributed by atoms with Gasteiger partial charge < -0.3 is 14.5 Å². The van der Waals surface area contributed by atoms with Gasteiger partial charge in [-0.05, 0) is 48.2 Å². The van der Waals surface area contributed by atoms with Crippen molar-refractivity contribution >= 4 is 22.5 Å². The number of rotatable bonds is 3. The third kappa shape index (κ3) is 3.49. The Morgan fingerprint density at radius 2 is 1.39 bits per heavy atom. The summed E-state index contributed by atoms with van der Waals surface area (Å²) in [5.74, 6) is 0.921. The van der Waals surface area contributed by atoms with Crippen LogP contribution in [0, 0.1) is 0 Å². The molecule has 0 atom stereocenters. The zero-order chi connectivity index (χ0) is 22.3. The lowest BCUT2D eigenvalue weighted by Crippen LogP contribution is -2.44. The first kappa shape index (κ1) is 20.1. The fourth-order valence-corrected chi connectivity index (χ4v) is 5.10. The van der Waals surface area contributed by atoms with E-state index < -0.39 is 5.60 Å². The van der Waals surface area contributed by atoms with Crippen molar-refractivity contribution < 1.29 is 4.74 Å². The highest BCUT2D eigenvalue weighted by molar-refractivity contribution is 5.95. The smallest absolute Gasteiger partial charge is 0.178 e. The highest BCUT2D eigenvalue weighted by atomic mass is 16.5. The molecule has 0 aliphatic carbocycles. The van der Waals surface area contributed by atoms with E-state index in [0.29, 0.717) is 0 Å². The molecule has 3 heteroatoms. The lowest BCUT2D eigenvalue weighted by molar-refractivity contribution is 0.161. The summed E-state index contributed by atoms with van der Waals surface area (Å²) in [7, 11) is 2.20. The molecule has 1 fully saturated rings. The summed E-state index contributed by atoms with van der Waals surface area (Å²) >= 11 is 0. The first-order valence-electron chi connectivity index (χ1n) is 11.7. The van der Waals surface area contributed by atoms with E-state index in [2.05, 4.69) is 108 Å². The first-order chi connectivity index (χ1) is 16.2. The van der Waals surface area contributed by atoms with Crippen LogP contribution in [0.25, 0.3) is 16.8 Å². The van der Waals surface area contributed by atoms with Gasteiger partial charge in [0, 0.05) is 48.6 Å². The zero-order valence-corrected chi connectivity index (χ0v) is 18.9. The third-order valence-corrected chi connectivity index (χ3v) is 7.03. The molecule has 0 saturated carbocycles. The summed E-state index contributed by atoms with van der Waals surface area (Å²) in [6.45, 7) is 4.37. The van der Waals surface area contributed by atoms with E-state index in [9.17, 15) is 0 Å². The van der Waals surface area contributed by atoms with Gasteiger partial charge in [-0.1, -0.05) is 72.8 Å². The predicted molar refractivity (Wildman–Crippen MR) is 137 cm³/mol. The number of benzene rings is 4. The Bertz CT molecular complexity index is 1270. The first-order valence-corrected chi connectivity index (χ1v) is 11.7. The molecule has 0 N–H and O–H groups in total. The fraction of sp³-hybridized carbons (Fsp3) is 0.200. The minimum Gasteiger partial charge on any atom is -0.473 e. The molecule has 164 valence electrons. The van der Waals surface area contributed by atoms with Crippen LogP contribution < -0.4 is 9.64 Å².